The number of rotatable bonds is 9. The van der Waals surface area contributed by atoms with Crippen LogP contribution in [0.2, 0.25) is 0 Å². The van der Waals surface area contributed by atoms with Gasteiger partial charge in [0.25, 0.3) is 0 Å². The van der Waals surface area contributed by atoms with Crippen LogP contribution in [0.4, 0.5) is 4.39 Å². The number of alkyl halides is 1. The molecule has 0 bridgehead atoms. The number of ether oxygens (including phenoxy) is 1. The molecule has 214 valence electrons. The van der Waals surface area contributed by atoms with E-state index in [1.54, 1.807) is 20.1 Å². The molecule has 0 amide bonds. The zero-order valence-electron chi connectivity index (χ0n) is 25.0. The largest absolute Gasteiger partial charge is 0.497 e. The number of nitriles is 1. The minimum Gasteiger partial charge on any atom is -0.497 e. The molecule has 0 aliphatic heterocycles. The Kier molecular flexibility index (Phi) is 10.8. The number of halogens is 1. The Morgan fingerprint density at radius 3 is 2.35 bits per heavy atom. The van der Waals surface area contributed by atoms with Crippen LogP contribution in [0, 0.1) is 41.9 Å². The molecule has 0 radical (unpaired) electrons. The van der Waals surface area contributed by atoms with Crippen LogP contribution in [0.1, 0.15) is 82.6 Å². The van der Waals surface area contributed by atoms with E-state index in [2.05, 4.69) is 33.8 Å². The van der Waals surface area contributed by atoms with E-state index in [0.29, 0.717) is 47.8 Å². The molecule has 2 N–H and O–H groups in total. The van der Waals surface area contributed by atoms with Crippen molar-refractivity contribution in [2.45, 2.75) is 79.4 Å². The molecule has 1 fully saturated rings. The van der Waals surface area contributed by atoms with Crippen molar-refractivity contribution in [1.82, 2.24) is 0 Å². The molecule has 6 heteroatoms. The summed E-state index contributed by atoms with van der Waals surface area (Å²) in [6, 6.07) is 14.8. The monoisotopic (exact) mass is 545 g/mol. The number of Topliss-reactive ketones (excluding diaryl/α,β-unsaturated/α-hetero) is 1. The molecular weight excluding hydrogens is 501 g/mol. The molecule has 1 aliphatic carbocycles. The predicted octanol–water partition coefficient (Wildman–Crippen LogP) is 7.56. The van der Waals surface area contributed by atoms with Gasteiger partial charge in [0.05, 0.1) is 30.0 Å². The molecule has 5 atom stereocenters. The summed E-state index contributed by atoms with van der Waals surface area (Å²) in [7, 11) is 1.61. The Morgan fingerprint density at radius 1 is 1.15 bits per heavy atom. The van der Waals surface area contributed by atoms with Crippen molar-refractivity contribution in [2.75, 3.05) is 7.11 Å². The smallest absolute Gasteiger partial charge is 0.162 e. The van der Waals surface area contributed by atoms with Gasteiger partial charge in [0.15, 0.2) is 5.78 Å². The van der Waals surface area contributed by atoms with Crippen molar-refractivity contribution in [3.8, 4) is 11.8 Å². The van der Waals surface area contributed by atoms with Crippen LogP contribution in [-0.2, 0) is 4.79 Å². The van der Waals surface area contributed by atoms with E-state index in [1.807, 2.05) is 43.3 Å². The van der Waals surface area contributed by atoms with Crippen molar-refractivity contribution in [2.24, 2.45) is 34.4 Å². The number of methoxy groups -OCH3 is 1. The third kappa shape index (κ3) is 7.46. The van der Waals surface area contributed by atoms with Gasteiger partial charge in [0, 0.05) is 17.3 Å². The van der Waals surface area contributed by atoms with Crippen LogP contribution >= 0.6 is 0 Å². The number of carbonyl (C=O) groups excluding carboxylic acids is 1. The number of nitrogens with zero attached hydrogens (tertiary/aromatic N) is 2. The van der Waals surface area contributed by atoms with Crippen molar-refractivity contribution >= 4 is 22.8 Å². The Bertz CT molecular complexity index is 1290. The molecule has 1 saturated carbocycles. The summed E-state index contributed by atoms with van der Waals surface area (Å²) in [5, 5.41) is 9.53. The predicted molar refractivity (Wildman–Crippen MR) is 162 cm³/mol. The first-order chi connectivity index (χ1) is 19.0. The molecule has 1 aliphatic rings. The molecule has 5 nitrogen and oxygen atoms in total. The highest BCUT2D eigenvalue weighted by Gasteiger charge is 2.32. The average molecular weight is 546 g/mol. The number of allylic oxidation sites excluding steroid dienone is 1. The lowest BCUT2D eigenvalue weighted by molar-refractivity contribution is -0.111. The maximum absolute atomic E-state index is 14.6. The number of benzene rings is 2. The van der Waals surface area contributed by atoms with Gasteiger partial charge in [-0.25, -0.2) is 4.39 Å². The van der Waals surface area contributed by atoms with Gasteiger partial charge in [-0.2, -0.15) is 5.26 Å². The number of carbonyl (C=O) groups is 1. The topological polar surface area (TPSA) is 88.5 Å². The highest BCUT2D eigenvalue weighted by atomic mass is 19.1. The molecule has 0 saturated heterocycles. The van der Waals surface area contributed by atoms with E-state index in [4.69, 9.17) is 15.5 Å². The first kappa shape index (κ1) is 31.2. The second-order valence-electron chi connectivity index (χ2n) is 11.7. The number of aryl methyl sites for hydroxylation is 1. The van der Waals surface area contributed by atoms with Gasteiger partial charge in [-0.1, -0.05) is 45.9 Å². The lowest BCUT2D eigenvalue weighted by Gasteiger charge is -2.27. The Morgan fingerprint density at radius 2 is 1.80 bits per heavy atom. The first-order valence-corrected chi connectivity index (χ1v) is 14.3. The van der Waals surface area contributed by atoms with E-state index in [-0.39, 0.29) is 23.5 Å². The average Bonchev–Trinajstić information content (AvgIpc) is 3.04. The molecule has 40 heavy (non-hydrogen) atoms. The zero-order chi connectivity index (χ0) is 29.6. The summed E-state index contributed by atoms with van der Waals surface area (Å²) < 4.78 is 20.0. The maximum Gasteiger partial charge on any atom is 0.162 e. The number of aliphatic imine (C=N–C) groups is 1. The van der Waals surface area contributed by atoms with Crippen LogP contribution in [-0.4, -0.2) is 30.8 Å². The van der Waals surface area contributed by atoms with Crippen LogP contribution < -0.4 is 10.5 Å². The Hall–Kier alpha value is -3.30. The molecule has 2 aromatic rings. The summed E-state index contributed by atoms with van der Waals surface area (Å²) in [5.41, 5.74) is 11.2. The molecule has 5 unspecified atom stereocenters. The summed E-state index contributed by atoms with van der Waals surface area (Å²) >= 11 is 0. The van der Waals surface area contributed by atoms with Crippen LogP contribution in [0.3, 0.4) is 0 Å². The van der Waals surface area contributed by atoms with Crippen molar-refractivity contribution in [3.05, 3.63) is 64.7 Å². The van der Waals surface area contributed by atoms with E-state index in [0.717, 1.165) is 28.8 Å². The normalized spacial score (nSPS) is 23.2. The second-order valence-corrected chi connectivity index (χ2v) is 11.7. The lowest BCUT2D eigenvalue weighted by atomic mass is 9.80. The number of hydrogen-bond donors (Lipinski definition) is 1. The van der Waals surface area contributed by atoms with Gasteiger partial charge in [-0.3, -0.25) is 9.79 Å². The van der Waals surface area contributed by atoms with E-state index in [9.17, 15) is 14.4 Å². The highest BCUT2D eigenvalue weighted by Crippen LogP contribution is 2.36. The van der Waals surface area contributed by atoms with Gasteiger partial charge in [-0.05, 0) is 98.6 Å². The second kappa shape index (κ2) is 13.9. The lowest BCUT2D eigenvalue weighted by Crippen LogP contribution is -2.30. The quantitative estimate of drug-likeness (QED) is 0.152. The van der Waals surface area contributed by atoms with Crippen molar-refractivity contribution in [1.29, 1.82) is 5.26 Å². The van der Waals surface area contributed by atoms with Gasteiger partial charge in [0.2, 0.25) is 0 Å². The summed E-state index contributed by atoms with van der Waals surface area (Å²) in [4.78, 5) is 18.6. The van der Waals surface area contributed by atoms with Gasteiger partial charge in [0.1, 0.15) is 11.9 Å². The van der Waals surface area contributed by atoms with Crippen LogP contribution in [0.15, 0.2) is 47.5 Å². The van der Waals surface area contributed by atoms with E-state index in [1.165, 1.54) is 0 Å². The summed E-state index contributed by atoms with van der Waals surface area (Å²) in [6.45, 7) is 12.1. The number of nitrogens with two attached hydrogens (primary N) is 1. The van der Waals surface area contributed by atoms with Gasteiger partial charge < -0.3 is 10.5 Å². The van der Waals surface area contributed by atoms with Gasteiger partial charge in [-0.15, -0.1) is 0 Å². The van der Waals surface area contributed by atoms with E-state index < -0.39 is 12.2 Å². The SMILES string of the molecule is COc1ccc(C(C(C)=O)=C(N=C(CC2CCC(N)C(F)CC2C)C(C)C(C)C)c2ccc(C#N)c(C)c2)cc1. The van der Waals surface area contributed by atoms with E-state index >= 15 is 0 Å². The minimum atomic E-state index is -0.987. The minimum absolute atomic E-state index is 0.100. The van der Waals surface area contributed by atoms with Crippen molar-refractivity contribution < 1.29 is 13.9 Å². The first-order valence-electron chi connectivity index (χ1n) is 14.3. The summed E-state index contributed by atoms with van der Waals surface area (Å²) in [6.07, 6.45) is 1.68. The maximum atomic E-state index is 14.6. The fourth-order valence-electron chi connectivity index (χ4n) is 5.49. The molecule has 3 rings (SSSR count). The molecule has 0 heterocycles. The van der Waals surface area contributed by atoms with Gasteiger partial charge >= 0.3 is 0 Å². The fourth-order valence-corrected chi connectivity index (χ4v) is 5.49. The summed E-state index contributed by atoms with van der Waals surface area (Å²) in [5.74, 6) is 1.48. The van der Waals surface area contributed by atoms with Crippen LogP contribution in [0.5, 0.6) is 5.75 Å². The van der Waals surface area contributed by atoms with Crippen molar-refractivity contribution in [3.63, 3.8) is 0 Å². The molecule has 2 aromatic carbocycles. The standard InChI is InChI=1S/C34H44FN3O2/c1-20(2)23(5)32(18-26-12-15-31(37)30(35)17-22(26)4)38-34(27-8-9-28(19-36)21(3)16-27)33(24(6)39)25-10-13-29(40-7)14-11-25/h8-11,13-14,16,20,22-23,26,30-31H,12,15,17-18,37H2,1-7H3. The third-order valence-electron chi connectivity index (χ3n) is 8.58. The Balaban J connectivity index is 2.26. The number of hydrogen-bond acceptors (Lipinski definition) is 5. The molecule has 0 spiro atoms. The Labute approximate surface area is 239 Å². The third-order valence-corrected chi connectivity index (χ3v) is 8.58. The molecular formula is C34H44FN3O2. The van der Waals surface area contributed by atoms with Crippen LogP contribution in [0.25, 0.3) is 11.3 Å². The fraction of sp³-hybridized carbons (Fsp3) is 0.500. The zero-order valence-corrected chi connectivity index (χ0v) is 25.0. The highest BCUT2D eigenvalue weighted by molar-refractivity contribution is 6.27. The molecule has 0 aromatic heterocycles. The number of ketones is 1.